The highest BCUT2D eigenvalue weighted by Gasteiger charge is 2.35. The molecule has 3 aliphatic heterocycles. The van der Waals surface area contributed by atoms with Crippen LogP contribution in [0.2, 0.25) is 0 Å². The zero-order valence-electron chi connectivity index (χ0n) is 11.4. The van der Waals surface area contributed by atoms with Crippen molar-refractivity contribution in [1.82, 2.24) is 10.2 Å². The molecule has 3 heterocycles. The second-order valence-corrected chi connectivity index (χ2v) is 6.16. The van der Waals surface area contributed by atoms with Gasteiger partial charge in [-0.25, -0.2) is 0 Å². The molecule has 0 aliphatic carbocycles. The quantitative estimate of drug-likeness (QED) is 0.888. The predicted molar refractivity (Wildman–Crippen MR) is 75.7 cm³/mol. The number of nitrogens with zero attached hydrogens (tertiary/aromatic N) is 1. The van der Waals surface area contributed by atoms with Crippen molar-refractivity contribution < 1.29 is 4.74 Å². The molecule has 19 heavy (non-hydrogen) atoms. The fourth-order valence-corrected chi connectivity index (χ4v) is 3.80. The summed E-state index contributed by atoms with van der Waals surface area (Å²) < 4.78 is 5.56. The highest BCUT2D eigenvalue weighted by Crippen LogP contribution is 2.27. The number of hydrogen-bond acceptors (Lipinski definition) is 3. The van der Waals surface area contributed by atoms with Gasteiger partial charge in [0.15, 0.2) is 0 Å². The molecule has 0 radical (unpaired) electrons. The molecule has 0 unspecified atom stereocenters. The molecule has 1 aromatic rings. The van der Waals surface area contributed by atoms with Crippen molar-refractivity contribution in [3.05, 3.63) is 29.3 Å². The van der Waals surface area contributed by atoms with E-state index in [1.807, 2.05) is 0 Å². The van der Waals surface area contributed by atoms with Gasteiger partial charge in [-0.2, -0.15) is 0 Å². The van der Waals surface area contributed by atoms with E-state index in [4.69, 9.17) is 4.74 Å². The molecule has 0 saturated carbocycles. The zero-order chi connectivity index (χ0) is 12.7. The number of rotatable bonds is 3. The summed E-state index contributed by atoms with van der Waals surface area (Å²) in [6.45, 7) is 5.84. The van der Waals surface area contributed by atoms with Gasteiger partial charge in [0.1, 0.15) is 5.75 Å². The van der Waals surface area contributed by atoms with Crippen LogP contribution in [0.4, 0.5) is 0 Å². The summed E-state index contributed by atoms with van der Waals surface area (Å²) >= 11 is 0. The lowest BCUT2D eigenvalue weighted by Gasteiger charge is -2.16. The van der Waals surface area contributed by atoms with Gasteiger partial charge in [-0.15, -0.1) is 0 Å². The smallest absolute Gasteiger partial charge is 0.122 e. The first kappa shape index (κ1) is 11.7. The third-order valence-corrected chi connectivity index (χ3v) is 4.91. The monoisotopic (exact) mass is 258 g/mol. The Balaban J connectivity index is 1.35. The fourth-order valence-electron chi connectivity index (χ4n) is 3.80. The molecule has 2 atom stereocenters. The average Bonchev–Trinajstić information content (AvgIpc) is 3.10. The maximum absolute atomic E-state index is 5.56. The second kappa shape index (κ2) is 4.80. The van der Waals surface area contributed by atoms with Crippen LogP contribution in [-0.4, -0.2) is 43.7 Å². The largest absolute Gasteiger partial charge is 0.493 e. The molecule has 3 nitrogen and oxygen atoms in total. The summed E-state index contributed by atoms with van der Waals surface area (Å²) in [7, 11) is 0. The van der Waals surface area contributed by atoms with E-state index in [1.54, 1.807) is 0 Å². The van der Waals surface area contributed by atoms with Crippen molar-refractivity contribution in [2.75, 3.05) is 32.8 Å². The first-order chi connectivity index (χ1) is 9.38. The molecule has 2 fully saturated rings. The normalized spacial score (nSPS) is 29.3. The predicted octanol–water partition coefficient (Wildman–Crippen LogP) is 1.46. The van der Waals surface area contributed by atoms with Gasteiger partial charge in [0.2, 0.25) is 0 Å². The summed E-state index contributed by atoms with van der Waals surface area (Å²) in [5, 5.41) is 3.62. The van der Waals surface area contributed by atoms with E-state index in [2.05, 4.69) is 28.4 Å². The molecular weight excluding hydrogens is 236 g/mol. The van der Waals surface area contributed by atoms with Gasteiger partial charge in [-0.05, 0) is 42.5 Å². The SMILES string of the molecule is c1cc2c(cc1CCN1C[C@@H]3CCN[C@@H]3C1)CCO2. The van der Waals surface area contributed by atoms with E-state index in [0.717, 1.165) is 30.7 Å². The minimum absolute atomic E-state index is 0.772. The van der Waals surface area contributed by atoms with Gasteiger partial charge >= 0.3 is 0 Å². The van der Waals surface area contributed by atoms with Crippen LogP contribution in [0, 0.1) is 5.92 Å². The highest BCUT2D eigenvalue weighted by atomic mass is 16.5. The maximum atomic E-state index is 5.56. The molecule has 0 aromatic heterocycles. The molecule has 102 valence electrons. The minimum Gasteiger partial charge on any atom is -0.493 e. The average molecular weight is 258 g/mol. The minimum atomic E-state index is 0.772. The van der Waals surface area contributed by atoms with E-state index in [9.17, 15) is 0 Å². The van der Waals surface area contributed by atoms with Gasteiger partial charge in [0.05, 0.1) is 6.61 Å². The first-order valence-corrected chi connectivity index (χ1v) is 7.59. The molecule has 0 spiro atoms. The molecule has 3 heteroatoms. The third-order valence-electron chi connectivity index (χ3n) is 4.91. The Bertz CT molecular complexity index is 462. The Hall–Kier alpha value is -1.06. The Morgan fingerprint density at radius 1 is 1.32 bits per heavy atom. The molecule has 0 amide bonds. The Kier molecular flexibility index (Phi) is 2.97. The van der Waals surface area contributed by atoms with Crippen molar-refractivity contribution >= 4 is 0 Å². The summed E-state index contributed by atoms with van der Waals surface area (Å²) in [5.41, 5.74) is 2.87. The summed E-state index contributed by atoms with van der Waals surface area (Å²) in [6.07, 6.45) is 3.63. The van der Waals surface area contributed by atoms with Crippen LogP contribution >= 0.6 is 0 Å². The maximum Gasteiger partial charge on any atom is 0.122 e. The van der Waals surface area contributed by atoms with Gasteiger partial charge < -0.3 is 15.0 Å². The number of hydrogen-bond donors (Lipinski definition) is 1. The molecule has 4 rings (SSSR count). The van der Waals surface area contributed by atoms with Crippen LogP contribution in [0.15, 0.2) is 18.2 Å². The number of benzene rings is 1. The molecule has 1 aromatic carbocycles. The van der Waals surface area contributed by atoms with E-state index >= 15 is 0 Å². The van der Waals surface area contributed by atoms with Crippen LogP contribution in [0.5, 0.6) is 5.75 Å². The van der Waals surface area contributed by atoms with Crippen LogP contribution in [0.3, 0.4) is 0 Å². The van der Waals surface area contributed by atoms with E-state index in [1.165, 1.54) is 50.1 Å². The molecule has 0 bridgehead atoms. The van der Waals surface area contributed by atoms with Gasteiger partial charge in [0.25, 0.3) is 0 Å². The van der Waals surface area contributed by atoms with Crippen LogP contribution in [0.1, 0.15) is 17.5 Å². The standard InChI is InChI=1S/C16H22N2O/c1-2-16-13(5-8-19-16)9-12(1)4-7-18-10-14-3-6-17-15(14)11-18/h1-2,9,14-15,17H,3-8,10-11H2/t14-,15+/m0/s1. The van der Waals surface area contributed by atoms with Crippen LogP contribution in [-0.2, 0) is 12.8 Å². The zero-order valence-corrected chi connectivity index (χ0v) is 11.4. The lowest BCUT2D eigenvalue weighted by Crippen LogP contribution is -2.31. The van der Waals surface area contributed by atoms with Gasteiger partial charge in [0, 0.05) is 32.1 Å². The Morgan fingerprint density at radius 3 is 3.26 bits per heavy atom. The van der Waals surface area contributed by atoms with Crippen molar-refractivity contribution in [2.24, 2.45) is 5.92 Å². The van der Waals surface area contributed by atoms with Crippen LogP contribution < -0.4 is 10.1 Å². The van der Waals surface area contributed by atoms with E-state index < -0.39 is 0 Å². The molecular formula is C16H22N2O. The van der Waals surface area contributed by atoms with E-state index in [-0.39, 0.29) is 0 Å². The highest BCUT2D eigenvalue weighted by molar-refractivity contribution is 5.39. The van der Waals surface area contributed by atoms with Crippen LogP contribution in [0.25, 0.3) is 0 Å². The number of likely N-dealkylation sites (tertiary alicyclic amines) is 1. The number of ether oxygens (including phenoxy) is 1. The van der Waals surface area contributed by atoms with Crippen molar-refractivity contribution in [3.63, 3.8) is 0 Å². The Morgan fingerprint density at radius 2 is 2.32 bits per heavy atom. The number of fused-ring (bicyclic) bond motifs is 2. The first-order valence-electron chi connectivity index (χ1n) is 7.59. The molecule has 2 saturated heterocycles. The van der Waals surface area contributed by atoms with Crippen molar-refractivity contribution in [3.8, 4) is 5.75 Å². The number of nitrogens with one attached hydrogen (secondary N) is 1. The Labute approximate surface area is 114 Å². The lowest BCUT2D eigenvalue weighted by atomic mass is 10.1. The second-order valence-electron chi connectivity index (χ2n) is 6.16. The molecule has 3 aliphatic rings. The summed E-state index contributed by atoms with van der Waals surface area (Å²) in [5.74, 6) is 2.01. The van der Waals surface area contributed by atoms with Crippen molar-refractivity contribution in [2.45, 2.75) is 25.3 Å². The fraction of sp³-hybridized carbons (Fsp3) is 0.625. The van der Waals surface area contributed by atoms with Gasteiger partial charge in [-0.1, -0.05) is 12.1 Å². The summed E-state index contributed by atoms with van der Waals surface area (Å²) in [6, 6.07) is 7.50. The third kappa shape index (κ3) is 2.26. The lowest BCUT2D eigenvalue weighted by molar-refractivity contribution is 0.318. The van der Waals surface area contributed by atoms with Crippen molar-refractivity contribution in [1.29, 1.82) is 0 Å². The summed E-state index contributed by atoms with van der Waals surface area (Å²) in [4.78, 5) is 2.63. The van der Waals surface area contributed by atoms with Gasteiger partial charge in [-0.3, -0.25) is 0 Å². The topological polar surface area (TPSA) is 24.5 Å². The molecule has 1 N–H and O–H groups in total. The van der Waals surface area contributed by atoms with E-state index in [0.29, 0.717) is 0 Å².